The lowest BCUT2D eigenvalue weighted by atomic mass is 10.1. The monoisotopic (exact) mass is 518 g/mol. The van der Waals surface area contributed by atoms with Crippen molar-refractivity contribution in [1.29, 1.82) is 0 Å². The summed E-state index contributed by atoms with van der Waals surface area (Å²) in [6.45, 7) is 4.56. The van der Waals surface area contributed by atoms with Crippen LogP contribution < -0.4 is 5.32 Å². The minimum Gasteiger partial charge on any atom is -0.354 e. The molecule has 0 saturated carbocycles. The number of thioether (sulfide) groups is 1. The first kappa shape index (κ1) is 26.8. The van der Waals surface area contributed by atoms with Gasteiger partial charge < -0.3 is 10.2 Å². The van der Waals surface area contributed by atoms with Crippen molar-refractivity contribution in [3.8, 4) is 0 Å². The third-order valence-electron chi connectivity index (χ3n) is 4.81. The number of hydrogen-bond acceptors (Lipinski definition) is 3. The molecule has 0 aliphatic carbocycles. The van der Waals surface area contributed by atoms with Crippen molar-refractivity contribution in [3.63, 3.8) is 0 Å². The zero-order chi connectivity index (χ0) is 23.7. The van der Waals surface area contributed by atoms with Crippen LogP contribution in [0, 0.1) is 5.82 Å². The standard InChI is InChI=1S/C23H26Cl3FN2O2S/c1-3-10-28-23(31)21(4-2)29(12-15-8-9-18(25)19(26)11-15)22(30)14-32-13-16-17(24)6-5-7-20(16)27/h5-9,11,21H,3-4,10,12-14H2,1-2H3,(H,28,31). The number of carbonyl (C=O) groups is 2. The SMILES string of the molecule is CCCNC(=O)C(CC)N(Cc1ccc(Cl)c(Cl)c1)C(=O)CSCc1c(F)cccc1Cl. The Balaban J connectivity index is 2.18. The van der Waals surface area contributed by atoms with Gasteiger partial charge in [0.1, 0.15) is 11.9 Å². The van der Waals surface area contributed by atoms with E-state index in [1.165, 1.54) is 23.9 Å². The number of rotatable bonds is 11. The van der Waals surface area contributed by atoms with Crippen LogP contribution in [0.1, 0.15) is 37.8 Å². The Bertz CT molecular complexity index is 925. The van der Waals surface area contributed by atoms with E-state index in [1.54, 1.807) is 29.2 Å². The molecule has 0 heterocycles. The van der Waals surface area contributed by atoms with Gasteiger partial charge in [0.2, 0.25) is 11.8 Å². The second kappa shape index (κ2) is 13.3. The molecule has 0 spiro atoms. The predicted octanol–water partition coefficient (Wildman–Crippen LogP) is 6.35. The second-order valence-corrected chi connectivity index (χ2v) is 9.39. The van der Waals surface area contributed by atoms with Crippen molar-refractivity contribution in [2.75, 3.05) is 12.3 Å². The summed E-state index contributed by atoms with van der Waals surface area (Å²) >= 11 is 19.5. The molecule has 32 heavy (non-hydrogen) atoms. The summed E-state index contributed by atoms with van der Waals surface area (Å²) in [6.07, 6.45) is 1.24. The van der Waals surface area contributed by atoms with Gasteiger partial charge in [0.25, 0.3) is 0 Å². The zero-order valence-corrected chi connectivity index (χ0v) is 21.1. The minimum absolute atomic E-state index is 0.0730. The average molecular weight is 520 g/mol. The first-order chi connectivity index (χ1) is 15.3. The quantitative estimate of drug-likeness (QED) is 0.376. The zero-order valence-electron chi connectivity index (χ0n) is 18.0. The van der Waals surface area contributed by atoms with E-state index in [-0.39, 0.29) is 29.9 Å². The summed E-state index contributed by atoms with van der Waals surface area (Å²) in [5, 5.41) is 3.98. The van der Waals surface area contributed by atoms with E-state index in [0.29, 0.717) is 33.6 Å². The van der Waals surface area contributed by atoms with Crippen LogP contribution in [-0.4, -0.2) is 35.1 Å². The molecule has 2 amide bonds. The van der Waals surface area contributed by atoms with Gasteiger partial charge in [-0.3, -0.25) is 9.59 Å². The molecule has 174 valence electrons. The van der Waals surface area contributed by atoms with Crippen LogP contribution in [0.25, 0.3) is 0 Å². The van der Waals surface area contributed by atoms with Crippen molar-refractivity contribution >= 4 is 58.4 Å². The average Bonchev–Trinajstić information content (AvgIpc) is 2.76. The summed E-state index contributed by atoms with van der Waals surface area (Å²) in [5.41, 5.74) is 1.12. The summed E-state index contributed by atoms with van der Waals surface area (Å²) < 4.78 is 14.0. The third kappa shape index (κ3) is 7.55. The molecular formula is C23H26Cl3FN2O2S. The number of halogens is 4. The lowest BCUT2D eigenvalue weighted by Gasteiger charge is -2.30. The highest BCUT2D eigenvalue weighted by molar-refractivity contribution is 7.99. The maximum atomic E-state index is 14.0. The minimum atomic E-state index is -0.638. The molecule has 0 aromatic heterocycles. The van der Waals surface area contributed by atoms with E-state index < -0.39 is 11.9 Å². The third-order valence-corrected chi connectivity index (χ3v) is 6.84. The fraction of sp³-hybridized carbons (Fsp3) is 0.391. The molecule has 0 bridgehead atoms. The molecule has 9 heteroatoms. The van der Waals surface area contributed by atoms with Gasteiger partial charge in [-0.15, -0.1) is 11.8 Å². The fourth-order valence-electron chi connectivity index (χ4n) is 3.11. The Kier molecular flexibility index (Phi) is 11.1. The Morgan fingerprint density at radius 3 is 2.47 bits per heavy atom. The molecule has 2 aromatic rings. The van der Waals surface area contributed by atoms with Crippen molar-refractivity contribution in [1.82, 2.24) is 10.2 Å². The van der Waals surface area contributed by atoms with Gasteiger partial charge in [-0.1, -0.05) is 60.8 Å². The largest absolute Gasteiger partial charge is 0.354 e. The van der Waals surface area contributed by atoms with Crippen LogP contribution >= 0.6 is 46.6 Å². The molecule has 0 saturated heterocycles. The van der Waals surface area contributed by atoms with Crippen LogP contribution in [0.2, 0.25) is 15.1 Å². The first-order valence-electron chi connectivity index (χ1n) is 10.3. The van der Waals surface area contributed by atoms with E-state index >= 15 is 0 Å². The predicted molar refractivity (Wildman–Crippen MR) is 132 cm³/mol. The summed E-state index contributed by atoms with van der Waals surface area (Å²) in [5.74, 6) is -0.521. The van der Waals surface area contributed by atoms with Crippen LogP contribution in [0.15, 0.2) is 36.4 Å². The topological polar surface area (TPSA) is 49.4 Å². The number of nitrogens with zero attached hydrogens (tertiary/aromatic N) is 1. The number of hydrogen-bond donors (Lipinski definition) is 1. The van der Waals surface area contributed by atoms with Crippen LogP contribution in [0.5, 0.6) is 0 Å². The van der Waals surface area contributed by atoms with Crippen LogP contribution in [-0.2, 0) is 21.9 Å². The Morgan fingerprint density at radius 1 is 1.09 bits per heavy atom. The molecule has 0 aliphatic rings. The Labute approximate surface area is 207 Å². The smallest absolute Gasteiger partial charge is 0.242 e. The Morgan fingerprint density at radius 2 is 1.84 bits per heavy atom. The number of nitrogens with one attached hydrogen (secondary N) is 1. The second-order valence-electron chi connectivity index (χ2n) is 7.18. The van der Waals surface area contributed by atoms with Gasteiger partial charge in [0.05, 0.1) is 15.8 Å². The van der Waals surface area contributed by atoms with Crippen molar-refractivity contribution < 1.29 is 14.0 Å². The lowest BCUT2D eigenvalue weighted by molar-refractivity contribution is -0.139. The van der Waals surface area contributed by atoms with Crippen molar-refractivity contribution in [3.05, 3.63) is 68.4 Å². The van der Waals surface area contributed by atoms with Gasteiger partial charge in [0, 0.05) is 29.4 Å². The fourth-order valence-corrected chi connectivity index (χ4v) is 4.68. The number of carbonyl (C=O) groups excluding carboxylic acids is 2. The molecule has 2 rings (SSSR count). The van der Waals surface area contributed by atoms with E-state index in [9.17, 15) is 14.0 Å². The first-order valence-corrected chi connectivity index (χ1v) is 12.6. The molecule has 4 nitrogen and oxygen atoms in total. The highest BCUT2D eigenvalue weighted by Crippen LogP contribution is 2.26. The Hall–Kier alpha value is -1.47. The number of amides is 2. The maximum absolute atomic E-state index is 14.0. The maximum Gasteiger partial charge on any atom is 0.242 e. The lowest BCUT2D eigenvalue weighted by Crippen LogP contribution is -2.49. The van der Waals surface area contributed by atoms with Crippen molar-refractivity contribution in [2.24, 2.45) is 0 Å². The summed E-state index contributed by atoms with van der Waals surface area (Å²) in [6, 6.07) is 8.98. The molecule has 2 aromatic carbocycles. The molecule has 0 fully saturated rings. The van der Waals surface area contributed by atoms with E-state index in [1.807, 2.05) is 13.8 Å². The molecular weight excluding hydrogens is 494 g/mol. The van der Waals surface area contributed by atoms with Gasteiger partial charge in [-0.2, -0.15) is 0 Å². The molecule has 0 radical (unpaired) electrons. The number of benzene rings is 2. The summed E-state index contributed by atoms with van der Waals surface area (Å²) in [7, 11) is 0. The van der Waals surface area contributed by atoms with E-state index in [0.717, 1.165) is 12.0 Å². The molecule has 1 N–H and O–H groups in total. The van der Waals surface area contributed by atoms with E-state index in [4.69, 9.17) is 34.8 Å². The molecule has 0 aliphatic heterocycles. The van der Waals surface area contributed by atoms with Crippen molar-refractivity contribution in [2.45, 2.75) is 45.0 Å². The molecule has 1 unspecified atom stereocenters. The van der Waals surface area contributed by atoms with Gasteiger partial charge in [-0.05, 0) is 42.7 Å². The van der Waals surface area contributed by atoms with Gasteiger partial charge in [0.15, 0.2) is 0 Å². The summed E-state index contributed by atoms with van der Waals surface area (Å²) in [4.78, 5) is 27.5. The van der Waals surface area contributed by atoms with Crippen LogP contribution in [0.3, 0.4) is 0 Å². The van der Waals surface area contributed by atoms with Gasteiger partial charge >= 0.3 is 0 Å². The normalized spacial score (nSPS) is 11.8. The van der Waals surface area contributed by atoms with E-state index in [2.05, 4.69) is 5.32 Å². The highest BCUT2D eigenvalue weighted by atomic mass is 35.5. The van der Waals surface area contributed by atoms with Gasteiger partial charge in [-0.25, -0.2) is 4.39 Å². The van der Waals surface area contributed by atoms with Crippen LogP contribution in [0.4, 0.5) is 4.39 Å². The highest BCUT2D eigenvalue weighted by Gasteiger charge is 2.28. The molecule has 1 atom stereocenters.